The van der Waals surface area contributed by atoms with Crippen LogP contribution in [0.15, 0.2) is 29.8 Å². The van der Waals surface area contributed by atoms with E-state index in [1.165, 1.54) is 29.5 Å². The predicted octanol–water partition coefficient (Wildman–Crippen LogP) is 4.21. The molecule has 1 aromatic rings. The molecule has 0 heterocycles. The van der Waals surface area contributed by atoms with Crippen LogP contribution in [-0.2, 0) is 0 Å². The fraction of sp³-hybridized carbons (Fsp3) is 0.385. The third-order valence-corrected chi connectivity index (χ3v) is 3.00. The van der Waals surface area contributed by atoms with E-state index in [1.54, 1.807) is 0 Å². The minimum atomic E-state index is 0.619. The Morgan fingerprint density at radius 3 is 2.93 bits per heavy atom. The topological polar surface area (TPSA) is 0 Å². The highest BCUT2D eigenvalue weighted by Gasteiger charge is 2.22. The Labute approximate surface area is 90.6 Å². The van der Waals surface area contributed by atoms with Gasteiger partial charge in [0.2, 0.25) is 0 Å². The molecule has 1 aliphatic carbocycles. The minimum absolute atomic E-state index is 0.619. The Hall–Kier alpha value is -0.750. The second-order valence-corrected chi connectivity index (χ2v) is 4.34. The SMILES string of the molecule is CC(=Cc1cccc(C2CC2)c1)CCl. The van der Waals surface area contributed by atoms with E-state index >= 15 is 0 Å². The second-order valence-electron chi connectivity index (χ2n) is 4.07. The summed E-state index contributed by atoms with van der Waals surface area (Å²) in [4.78, 5) is 0. The van der Waals surface area contributed by atoms with E-state index in [2.05, 4.69) is 37.3 Å². The van der Waals surface area contributed by atoms with Gasteiger partial charge in [0, 0.05) is 5.88 Å². The molecule has 0 saturated heterocycles. The van der Waals surface area contributed by atoms with Crippen LogP contribution in [0.2, 0.25) is 0 Å². The standard InChI is InChI=1S/C13H15Cl/c1-10(9-14)7-11-3-2-4-13(8-11)12-5-6-12/h2-4,7-8,12H,5-6,9H2,1H3. The fourth-order valence-electron chi connectivity index (χ4n) is 1.64. The van der Waals surface area contributed by atoms with E-state index in [0.29, 0.717) is 5.88 Å². The fourth-order valence-corrected chi connectivity index (χ4v) is 1.72. The highest BCUT2D eigenvalue weighted by molar-refractivity contribution is 6.19. The van der Waals surface area contributed by atoms with Crippen LogP contribution in [0.25, 0.3) is 6.08 Å². The van der Waals surface area contributed by atoms with Gasteiger partial charge in [0.05, 0.1) is 0 Å². The summed E-state index contributed by atoms with van der Waals surface area (Å²) in [6.07, 6.45) is 4.89. The van der Waals surface area contributed by atoms with E-state index in [-0.39, 0.29) is 0 Å². The van der Waals surface area contributed by atoms with E-state index in [0.717, 1.165) is 5.92 Å². The van der Waals surface area contributed by atoms with E-state index in [9.17, 15) is 0 Å². The number of rotatable bonds is 3. The zero-order valence-corrected chi connectivity index (χ0v) is 9.22. The van der Waals surface area contributed by atoms with Gasteiger partial charge < -0.3 is 0 Å². The monoisotopic (exact) mass is 206 g/mol. The molecule has 1 fully saturated rings. The molecule has 74 valence electrons. The van der Waals surface area contributed by atoms with Crippen LogP contribution < -0.4 is 0 Å². The van der Waals surface area contributed by atoms with Gasteiger partial charge in [0.15, 0.2) is 0 Å². The third-order valence-electron chi connectivity index (χ3n) is 2.58. The van der Waals surface area contributed by atoms with E-state index in [4.69, 9.17) is 11.6 Å². The smallest absolute Gasteiger partial charge is 0.0434 e. The summed E-state index contributed by atoms with van der Waals surface area (Å²) in [5.74, 6) is 1.45. The lowest BCUT2D eigenvalue weighted by atomic mass is 10.1. The maximum atomic E-state index is 5.75. The molecule has 2 rings (SSSR count). The number of benzene rings is 1. The lowest BCUT2D eigenvalue weighted by Crippen LogP contribution is -1.82. The van der Waals surface area contributed by atoms with Crippen LogP contribution in [0.5, 0.6) is 0 Å². The van der Waals surface area contributed by atoms with Crippen LogP contribution >= 0.6 is 11.6 Å². The first kappa shape index (κ1) is 9.79. The van der Waals surface area contributed by atoms with Gasteiger partial charge in [-0.1, -0.05) is 35.9 Å². The normalized spacial score (nSPS) is 17.1. The Morgan fingerprint density at radius 2 is 2.29 bits per heavy atom. The van der Waals surface area contributed by atoms with Gasteiger partial charge in [-0.2, -0.15) is 0 Å². The van der Waals surface area contributed by atoms with Crippen molar-refractivity contribution in [1.82, 2.24) is 0 Å². The molecule has 1 saturated carbocycles. The van der Waals surface area contributed by atoms with Crippen molar-refractivity contribution in [3.63, 3.8) is 0 Å². The number of alkyl halides is 1. The average molecular weight is 207 g/mol. The molecule has 0 bridgehead atoms. The van der Waals surface area contributed by atoms with E-state index in [1.807, 2.05) is 0 Å². The van der Waals surface area contributed by atoms with Gasteiger partial charge in [-0.25, -0.2) is 0 Å². The van der Waals surface area contributed by atoms with Crippen LogP contribution in [0.1, 0.15) is 36.8 Å². The van der Waals surface area contributed by atoms with Gasteiger partial charge >= 0.3 is 0 Å². The highest BCUT2D eigenvalue weighted by Crippen LogP contribution is 2.40. The first-order valence-corrected chi connectivity index (χ1v) is 5.66. The van der Waals surface area contributed by atoms with Crippen molar-refractivity contribution in [1.29, 1.82) is 0 Å². The summed E-state index contributed by atoms with van der Waals surface area (Å²) in [6.45, 7) is 2.07. The van der Waals surface area contributed by atoms with Gasteiger partial charge in [0.25, 0.3) is 0 Å². The number of hydrogen-bond donors (Lipinski definition) is 0. The van der Waals surface area contributed by atoms with Crippen molar-refractivity contribution in [2.75, 3.05) is 5.88 Å². The van der Waals surface area contributed by atoms with Crippen LogP contribution in [0, 0.1) is 0 Å². The largest absolute Gasteiger partial charge is 0.122 e. The third kappa shape index (κ3) is 2.39. The van der Waals surface area contributed by atoms with Gasteiger partial charge in [-0.05, 0) is 36.8 Å². The lowest BCUT2D eigenvalue weighted by molar-refractivity contribution is 1.13. The zero-order valence-electron chi connectivity index (χ0n) is 8.46. The molecule has 0 unspecified atom stereocenters. The summed E-state index contributed by atoms with van der Waals surface area (Å²) >= 11 is 5.75. The van der Waals surface area contributed by atoms with Crippen LogP contribution in [0.4, 0.5) is 0 Å². The van der Waals surface area contributed by atoms with Crippen molar-refractivity contribution in [3.8, 4) is 0 Å². The summed E-state index contributed by atoms with van der Waals surface area (Å²) in [5.41, 5.74) is 3.99. The number of allylic oxidation sites excluding steroid dienone is 1. The molecule has 0 radical (unpaired) electrons. The first-order valence-electron chi connectivity index (χ1n) is 5.12. The quantitative estimate of drug-likeness (QED) is 0.650. The van der Waals surface area contributed by atoms with Crippen molar-refractivity contribution in [2.24, 2.45) is 0 Å². The van der Waals surface area contributed by atoms with Crippen molar-refractivity contribution >= 4 is 17.7 Å². The zero-order chi connectivity index (χ0) is 9.97. The van der Waals surface area contributed by atoms with Gasteiger partial charge in [-0.3, -0.25) is 0 Å². The van der Waals surface area contributed by atoms with Gasteiger partial charge in [-0.15, -0.1) is 11.6 Å². The molecule has 1 aromatic carbocycles. The van der Waals surface area contributed by atoms with Crippen LogP contribution in [-0.4, -0.2) is 5.88 Å². The molecule has 0 aliphatic heterocycles. The van der Waals surface area contributed by atoms with Crippen molar-refractivity contribution in [2.45, 2.75) is 25.7 Å². The van der Waals surface area contributed by atoms with Crippen molar-refractivity contribution < 1.29 is 0 Å². The Kier molecular flexibility index (Phi) is 2.93. The Morgan fingerprint density at radius 1 is 1.50 bits per heavy atom. The average Bonchev–Trinajstić information content (AvgIpc) is 3.01. The molecule has 1 heteroatoms. The molecule has 1 aliphatic rings. The number of halogens is 1. The molecule has 0 nitrogen and oxygen atoms in total. The minimum Gasteiger partial charge on any atom is -0.122 e. The molecule has 0 N–H and O–H groups in total. The molecule has 0 aromatic heterocycles. The lowest BCUT2D eigenvalue weighted by Gasteiger charge is -2.00. The molecule has 0 amide bonds. The number of hydrogen-bond acceptors (Lipinski definition) is 0. The predicted molar refractivity (Wildman–Crippen MR) is 62.8 cm³/mol. The Balaban J connectivity index is 2.21. The summed E-state index contributed by atoms with van der Waals surface area (Å²) in [6, 6.07) is 8.79. The van der Waals surface area contributed by atoms with Crippen LogP contribution in [0.3, 0.4) is 0 Å². The first-order chi connectivity index (χ1) is 6.79. The molecular formula is C13H15Cl. The summed E-state index contributed by atoms with van der Waals surface area (Å²) in [7, 11) is 0. The molecule has 0 atom stereocenters. The maximum absolute atomic E-state index is 5.75. The van der Waals surface area contributed by atoms with Crippen molar-refractivity contribution in [3.05, 3.63) is 41.0 Å². The highest BCUT2D eigenvalue weighted by atomic mass is 35.5. The summed E-state index contributed by atoms with van der Waals surface area (Å²) in [5, 5.41) is 0. The maximum Gasteiger partial charge on any atom is 0.0434 e. The molecule has 14 heavy (non-hydrogen) atoms. The van der Waals surface area contributed by atoms with E-state index < -0.39 is 0 Å². The molecule has 0 spiro atoms. The molecular weight excluding hydrogens is 192 g/mol. The van der Waals surface area contributed by atoms with Gasteiger partial charge in [0.1, 0.15) is 0 Å². The summed E-state index contributed by atoms with van der Waals surface area (Å²) < 4.78 is 0. The Bertz CT molecular complexity index is 348. The second kappa shape index (κ2) is 4.18.